The monoisotopic (exact) mass is 434 g/mol. The Morgan fingerprint density at radius 3 is 2.04 bits per heavy atom. The van der Waals surface area contributed by atoms with Gasteiger partial charge in [0.1, 0.15) is 0 Å². The maximum absolute atomic E-state index is 12.8. The second-order valence-corrected chi connectivity index (χ2v) is 6.08. The molecule has 0 spiro atoms. The molecule has 0 radical (unpaired) electrons. The summed E-state index contributed by atoms with van der Waals surface area (Å²) in [5, 5.41) is 7.63. The molecule has 2 aromatic rings. The summed E-state index contributed by atoms with van der Waals surface area (Å²) in [6, 6.07) is 1.16. The molecule has 27 heavy (non-hydrogen) atoms. The van der Waals surface area contributed by atoms with Gasteiger partial charge in [0.2, 0.25) is 11.6 Å². The molecule has 1 aromatic heterocycles. The van der Waals surface area contributed by atoms with Crippen LogP contribution < -0.4 is 10.9 Å². The molecule has 5 nitrogen and oxygen atoms in total. The van der Waals surface area contributed by atoms with Crippen molar-refractivity contribution in [3.05, 3.63) is 43.8 Å². The molecule has 0 aliphatic heterocycles. The van der Waals surface area contributed by atoms with E-state index < -0.39 is 45.2 Å². The Kier molecular flexibility index (Phi) is 5.95. The second kappa shape index (κ2) is 7.55. The van der Waals surface area contributed by atoms with Gasteiger partial charge in [-0.3, -0.25) is 9.36 Å². The predicted octanol–water partition coefficient (Wildman–Crippen LogP) is 5.14. The Morgan fingerprint density at radius 1 is 1.04 bits per heavy atom. The lowest BCUT2D eigenvalue weighted by atomic mass is 10.2. The maximum Gasteiger partial charge on any atom is 0.440 e. The van der Waals surface area contributed by atoms with E-state index in [0.29, 0.717) is 16.7 Å². The summed E-state index contributed by atoms with van der Waals surface area (Å²) in [5.74, 6) is -0.446. The van der Waals surface area contributed by atoms with Gasteiger partial charge in [0, 0.05) is 6.54 Å². The standard InChI is InChI=1S/C14H10Cl2F6N4O/c1-2-3-26-11(27)10(14(20,21)22)24-25-12(26)23-9-7(15)4-6(5-8(9)16)13(17,18)19/h4-5H,2-3H2,1H3,(H,23,25). The maximum atomic E-state index is 12.8. The van der Waals surface area contributed by atoms with Gasteiger partial charge in [0.05, 0.1) is 21.3 Å². The van der Waals surface area contributed by atoms with Gasteiger partial charge in [-0.25, -0.2) is 0 Å². The Bertz CT molecular complexity index is 887. The first-order chi connectivity index (χ1) is 12.4. The number of anilines is 2. The minimum atomic E-state index is -5.01. The van der Waals surface area contributed by atoms with Crippen LogP contribution in [0, 0.1) is 0 Å². The first kappa shape index (κ1) is 21.3. The van der Waals surface area contributed by atoms with Crippen LogP contribution in [0.3, 0.4) is 0 Å². The highest BCUT2D eigenvalue weighted by atomic mass is 35.5. The molecule has 1 aromatic carbocycles. The van der Waals surface area contributed by atoms with Gasteiger partial charge in [-0.15, -0.1) is 10.2 Å². The SMILES string of the molecule is CCCn1c(Nc2c(Cl)cc(C(F)(F)F)cc2Cl)nnc(C(F)(F)F)c1=O. The minimum absolute atomic E-state index is 0.157. The van der Waals surface area contributed by atoms with Crippen molar-refractivity contribution in [3.8, 4) is 0 Å². The number of benzene rings is 1. The molecular weight excluding hydrogens is 425 g/mol. The van der Waals surface area contributed by atoms with Crippen LogP contribution in [0.25, 0.3) is 0 Å². The zero-order valence-corrected chi connectivity index (χ0v) is 14.9. The van der Waals surface area contributed by atoms with E-state index in [-0.39, 0.29) is 18.7 Å². The lowest BCUT2D eigenvalue weighted by Crippen LogP contribution is -2.33. The van der Waals surface area contributed by atoms with E-state index in [1.807, 2.05) is 0 Å². The third kappa shape index (κ3) is 4.64. The van der Waals surface area contributed by atoms with Crippen LogP contribution in [-0.2, 0) is 18.9 Å². The van der Waals surface area contributed by atoms with Crippen molar-refractivity contribution in [2.24, 2.45) is 0 Å². The van der Waals surface area contributed by atoms with E-state index in [4.69, 9.17) is 23.2 Å². The van der Waals surface area contributed by atoms with Crippen LogP contribution in [0.15, 0.2) is 16.9 Å². The topological polar surface area (TPSA) is 59.8 Å². The van der Waals surface area contributed by atoms with Gasteiger partial charge in [-0.05, 0) is 18.6 Å². The van der Waals surface area contributed by atoms with Gasteiger partial charge in [0.25, 0.3) is 5.56 Å². The van der Waals surface area contributed by atoms with Crippen molar-refractivity contribution in [2.45, 2.75) is 32.2 Å². The van der Waals surface area contributed by atoms with Gasteiger partial charge in [-0.2, -0.15) is 26.3 Å². The molecule has 1 heterocycles. The summed E-state index contributed by atoms with van der Waals surface area (Å²) in [6.07, 6.45) is -9.45. The first-order valence-corrected chi connectivity index (χ1v) is 7.99. The number of nitrogens with zero attached hydrogens (tertiary/aromatic N) is 3. The fourth-order valence-corrected chi connectivity index (χ4v) is 2.67. The first-order valence-electron chi connectivity index (χ1n) is 7.24. The lowest BCUT2D eigenvalue weighted by Gasteiger charge is -2.17. The Labute approximate surface area is 157 Å². The van der Waals surface area contributed by atoms with Crippen LogP contribution in [0.4, 0.5) is 38.0 Å². The number of halogens is 8. The minimum Gasteiger partial charge on any atom is -0.322 e. The van der Waals surface area contributed by atoms with Crippen LogP contribution in [0.1, 0.15) is 24.6 Å². The van der Waals surface area contributed by atoms with Gasteiger partial charge >= 0.3 is 12.4 Å². The van der Waals surface area contributed by atoms with Crippen molar-refractivity contribution >= 4 is 34.8 Å². The lowest BCUT2D eigenvalue weighted by molar-refractivity contribution is -0.143. The molecule has 0 amide bonds. The van der Waals surface area contributed by atoms with E-state index >= 15 is 0 Å². The van der Waals surface area contributed by atoms with Crippen LogP contribution in [0.5, 0.6) is 0 Å². The summed E-state index contributed by atoms with van der Waals surface area (Å²) in [4.78, 5) is 12.1. The third-order valence-electron chi connectivity index (χ3n) is 3.27. The third-order valence-corrected chi connectivity index (χ3v) is 3.87. The zero-order chi connectivity index (χ0) is 20.6. The number of alkyl halides is 6. The van der Waals surface area contributed by atoms with Crippen molar-refractivity contribution < 1.29 is 26.3 Å². The number of hydrogen-bond donors (Lipinski definition) is 1. The van der Waals surface area contributed by atoms with E-state index in [2.05, 4.69) is 15.5 Å². The molecule has 0 aliphatic rings. The summed E-state index contributed by atoms with van der Waals surface area (Å²) >= 11 is 11.6. The van der Waals surface area contributed by atoms with E-state index in [0.717, 1.165) is 0 Å². The van der Waals surface area contributed by atoms with Crippen molar-refractivity contribution in [1.29, 1.82) is 0 Å². The second-order valence-electron chi connectivity index (χ2n) is 5.26. The molecule has 0 atom stereocenters. The molecule has 0 fully saturated rings. The molecule has 0 aliphatic carbocycles. The molecule has 0 saturated carbocycles. The highest BCUT2D eigenvalue weighted by Crippen LogP contribution is 2.39. The average Bonchev–Trinajstić information content (AvgIpc) is 2.51. The quantitative estimate of drug-likeness (QED) is 0.677. The van der Waals surface area contributed by atoms with Crippen LogP contribution in [-0.4, -0.2) is 14.8 Å². The number of nitrogens with one attached hydrogen (secondary N) is 1. The van der Waals surface area contributed by atoms with Crippen molar-refractivity contribution in [1.82, 2.24) is 14.8 Å². The normalized spacial score (nSPS) is 12.3. The zero-order valence-electron chi connectivity index (χ0n) is 13.3. The van der Waals surface area contributed by atoms with Crippen molar-refractivity contribution in [3.63, 3.8) is 0 Å². The Morgan fingerprint density at radius 2 is 1.59 bits per heavy atom. The van der Waals surface area contributed by atoms with Crippen LogP contribution in [0.2, 0.25) is 10.0 Å². The van der Waals surface area contributed by atoms with Gasteiger partial charge in [0.15, 0.2) is 0 Å². The highest BCUT2D eigenvalue weighted by molar-refractivity contribution is 6.39. The molecule has 13 heteroatoms. The van der Waals surface area contributed by atoms with Crippen molar-refractivity contribution in [2.75, 3.05) is 5.32 Å². The van der Waals surface area contributed by atoms with Gasteiger partial charge in [-0.1, -0.05) is 30.1 Å². The highest BCUT2D eigenvalue weighted by Gasteiger charge is 2.38. The molecule has 148 valence electrons. The molecule has 0 unspecified atom stereocenters. The molecule has 2 rings (SSSR count). The van der Waals surface area contributed by atoms with E-state index in [1.54, 1.807) is 6.92 Å². The van der Waals surface area contributed by atoms with Gasteiger partial charge < -0.3 is 5.32 Å². The van der Waals surface area contributed by atoms with Crippen LogP contribution >= 0.6 is 23.2 Å². The largest absolute Gasteiger partial charge is 0.440 e. The number of hydrogen-bond acceptors (Lipinski definition) is 4. The Hall–Kier alpha value is -2.01. The fourth-order valence-electron chi connectivity index (χ4n) is 2.09. The van der Waals surface area contributed by atoms with E-state index in [1.165, 1.54) is 0 Å². The average molecular weight is 435 g/mol. The smallest absolute Gasteiger partial charge is 0.322 e. The predicted molar refractivity (Wildman–Crippen MR) is 86.3 cm³/mol. The summed E-state index contributed by atoms with van der Waals surface area (Å²) in [6.45, 7) is 1.44. The fraction of sp³-hybridized carbons (Fsp3) is 0.357. The Balaban J connectivity index is 2.55. The van der Waals surface area contributed by atoms with E-state index in [9.17, 15) is 31.1 Å². The summed E-state index contributed by atoms with van der Waals surface area (Å²) in [5.41, 5.74) is -4.55. The number of aromatic nitrogens is 3. The molecule has 0 saturated heterocycles. The summed E-state index contributed by atoms with van der Waals surface area (Å²) < 4.78 is 77.4. The molecular formula is C14H10Cl2F6N4O. The molecule has 0 bridgehead atoms. The number of rotatable bonds is 4. The molecule has 1 N–H and O–H groups in total. The summed E-state index contributed by atoms with van der Waals surface area (Å²) in [7, 11) is 0.